The molecule has 0 saturated carbocycles. The van der Waals surface area contributed by atoms with Crippen LogP contribution < -0.4 is 0 Å². The molecule has 94 valence electrons. The van der Waals surface area contributed by atoms with Crippen LogP contribution in [0.25, 0.3) is 0 Å². The van der Waals surface area contributed by atoms with Gasteiger partial charge >= 0.3 is 0 Å². The molecule has 1 aromatic rings. The first kappa shape index (κ1) is 13.0. The standard InChI is InChI=1S/C15H23NS/c1-11(17-5)12-6-7-14-13(8-12)9-16(4)10-15(14,2)3/h6-8,11H,9-10H2,1-5H3. The van der Waals surface area contributed by atoms with E-state index in [1.807, 2.05) is 11.8 Å². The van der Waals surface area contributed by atoms with Crippen molar-refractivity contribution in [2.45, 2.75) is 38.0 Å². The predicted octanol–water partition coefficient (Wildman–Crippen LogP) is 3.83. The number of rotatable bonds is 2. The quantitative estimate of drug-likeness (QED) is 0.783. The molecule has 1 atom stereocenters. The molecule has 17 heavy (non-hydrogen) atoms. The second-order valence-corrected chi connectivity index (χ2v) is 7.03. The van der Waals surface area contributed by atoms with E-state index in [1.54, 1.807) is 0 Å². The maximum Gasteiger partial charge on any atom is 0.0266 e. The average molecular weight is 249 g/mol. The molecule has 0 radical (unpaired) electrons. The van der Waals surface area contributed by atoms with Gasteiger partial charge in [0.15, 0.2) is 0 Å². The molecular formula is C15H23NS. The van der Waals surface area contributed by atoms with E-state index >= 15 is 0 Å². The van der Waals surface area contributed by atoms with E-state index in [0.717, 1.165) is 13.1 Å². The van der Waals surface area contributed by atoms with Crippen molar-refractivity contribution in [2.75, 3.05) is 19.8 Å². The van der Waals surface area contributed by atoms with E-state index in [9.17, 15) is 0 Å². The Labute approximate surface area is 110 Å². The summed E-state index contributed by atoms with van der Waals surface area (Å²) in [5.41, 5.74) is 4.79. The summed E-state index contributed by atoms with van der Waals surface area (Å²) in [5.74, 6) is 0. The number of thioether (sulfide) groups is 1. The summed E-state index contributed by atoms with van der Waals surface area (Å²) in [6.07, 6.45) is 2.18. The van der Waals surface area contributed by atoms with Gasteiger partial charge in [-0.1, -0.05) is 32.0 Å². The predicted molar refractivity (Wildman–Crippen MR) is 77.7 cm³/mol. The van der Waals surface area contributed by atoms with Gasteiger partial charge in [0.1, 0.15) is 0 Å². The first-order valence-corrected chi connectivity index (χ1v) is 7.57. The molecule has 0 fully saturated rings. The molecule has 1 nitrogen and oxygen atoms in total. The molecule has 1 aliphatic rings. The molecule has 0 spiro atoms. The lowest BCUT2D eigenvalue weighted by molar-refractivity contribution is 0.235. The fourth-order valence-electron chi connectivity index (χ4n) is 2.90. The van der Waals surface area contributed by atoms with Crippen molar-refractivity contribution in [3.63, 3.8) is 0 Å². The van der Waals surface area contributed by atoms with Crippen molar-refractivity contribution >= 4 is 11.8 Å². The van der Waals surface area contributed by atoms with E-state index in [4.69, 9.17) is 0 Å². The molecule has 1 unspecified atom stereocenters. The van der Waals surface area contributed by atoms with Gasteiger partial charge in [-0.05, 0) is 36.9 Å². The lowest BCUT2D eigenvalue weighted by Gasteiger charge is -2.38. The molecule has 1 aliphatic heterocycles. The van der Waals surface area contributed by atoms with Crippen LogP contribution in [0.4, 0.5) is 0 Å². The minimum absolute atomic E-state index is 0.281. The van der Waals surface area contributed by atoms with Crippen LogP contribution in [0.2, 0.25) is 0 Å². The number of benzene rings is 1. The molecule has 0 aromatic heterocycles. The fraction of sp³-hybridized carbons (Fsp3) is 0.600. The second-order valence-electron chi connectivity index (χ2n) is 5.85. The first-order valence-electron chi connectivity index (χ1n) is 6.28. The monoisotopic (exact) mass is 249 g/mol. The summed E-state index contributed by atoms with van der Waals surface area (Å²) in [7, 11) is 2.22. The Morgan fingerprint density at radius 3 is 2.71 bits per heavy atom. The SMILES string of the molecule is CSC(C)c1ccc2c(c1)CN(C)CC2(C)C. The van der Waals surface area contributed by atoms with Crippen LogP contribution in [-0.4, -0.2) is 24.7 Å². The molecule has 2 rings (SSSR count). The van der Waals surface area contributed by atoms with E-state index in [0.29, 0.717) is 5.25 Å². The fourth-order valence-corrected chi connectivity index (χ4v) is 3.32. The van der Waals surface area contributed by atoms with Crippen LogP contribution in [0.3, 0.4) is 0 Å². The molecule has 0 aliphatic carbocycles. The normalized spacial score (nSPS) is 21.0. The Hall–Kier alpha value is -0.470. The van der Waals surface area contributed by atoms with Crippen molar-refractivity contribution < 1.29 is 0 Å². The van der Waals surface area contributed by atoms with Gasteiger partial charge in [-0.25, -0.2) is 0 Å². The molecule has 0 N–H and O–H groups in total. The lowest BCUT2D eigenvalue weighted by atomic mass is 9.78. The van der Waals surface area contributed by atoms with Gasteiger partial charge in [0.2, 0.25) is 0 Å². The van der Waals surface area contributed by atoms with Crippen molar-refractivity contribution in [1.82, 2.24) is 4.90 Å². The molecule has 1 heterocycles. The molecule has 0 amide bonds. The second kappa shape index (κ2) is 4.66. The number of nitrogens with zero attached hydrogens (tertiary/aromatic N) is 1. The average Bonchev–Trinajstić information content (AvgIpc) is 2.25. The Morgan fingerprint density at radius 1 is 1.35 bits per heavy atom. The highest BCUT2D eigenvalue weighted by Crippen LogP contribution is 2.35. The largest absolute Gasteiger partial charge is 0.301 e. The summed E-state index contributed by atoms with van der Waals surface area (Å²) < 4.78 is 0. The highest BCUT2D eigenvalue weighted by molar-refractivity contribution is 7.98. The Balaban J connectivity index is 2.42. The summed E-state index contributed by atoms with van der Waals surface area (Å²) in [5, 5.41) is 0.593. The molecule has 0 saturated heterocycles. The van der Waals surface area contributed by atoms with Crippen molar-refractivity contribution in [1.29, 1.82) is 0 Å². The number of hydrogen-bond donors (Lipinski definition) is 0. The van der Waals surface area contributed by atoms with Gasteiger partial charge < -0.3 is 4.90 Å². The third-order valence-electron chi connectivity index (χ3n) is 3.79. The Kier molecular flexibility index (Phi) is 3.55. The maximum atomic E-state index is 2.43. The molecule has 2 heteroatoms. The number of fused-ring (bicyclic) bond motifs is 1. The Morgan fingerprint density at radius 2 is 2.06 bits per heavy atom. The van der Waals surface area contributed by atoms with Crippen LogP contribution in [-0.2, 0) is 12.0 Å². The maximum absolute atomic E-state index is 2.43. The van der Waals surface area contributed by atoms with Crippen LogP contribution in [0.5, 0.6) is 0 Å². The van der Waals surface area contributed by atoms with E-state index in [2.05, 4.69) is 57.2 Å². The van der Waals surface area contributed by atoms with E-state index < -0.39 is 0 Å². The highest BCUT2D eigenvalue weighted by atomic mass is 32.2. The van der Waals surface area contributed by atoms with Gasteiger partial charge in [-0.2, -0.15) is 11.8 Å². The summed E-state index contributed by atoms with van der Waals surface area (Å²) >= 11 is 1.92. The van der Waals surface area contributed by atoms with Gasteiger partial charge in [-0.3, -0.25) is 0 Å². The van der Waals surface area contributed by atoms with Crippen molar-refractivity contribution in [3.8, 4) is 0 Å². The zero-order valence-electron chi connectivity index (χ0n) is 11.6. The van der Waals surface area contributed by atoms with Gasteiger partial charge in [0, 0.05) is 23.8 Å². The van der Waals surface area contributed by atoms with Crippen molar-refractivity contribution in [2.24, 2.45) is 0 Å². The summed E-state index contributed by atoms with van der Waals surface area (Å²) in [4.78, 5) is 2.43. The topological polar surface area (TPSA) is 3.24 Å². The third kappa shape index (κ3) is 2.53. The summed E-state index contributed by atoms with van der Waals surface area (Å²) in [6.45, 7) is 9.22. The van der Waals surface area contributed by atoms with Crippen LogP contribution in [0, 0.1) is 0 Å². The minimum Gasteiger partial charge on any atom is -0.301 e. The zero-order chi connectivity index (χ0) is 12.6. The van der Waals surface area contributed by atoms with Gasteiger partial charge in [-0.15, -0.1) is 0 Å². The number of hydrogen-bond acceptors (Lipinski definition) is 2. The molecular weight excluding hydrogens is 226 g/mol. The third-order valence-corrected chi connectivity index (χ3v) is 4.77. The van der Waals surface area contributed by atoms with Crippen LogP contribution in [0.15, 0.2) is 18.2 Å². The zero-order valence-corrected chi connectivity index (χ0v) is 12.4. The smallest absolute Gasteiger partial charge is 0.0266 e. The van der Waals surface area contributed by atoms with Crippen LogP contribution in [0.1, 0.15) is 42.7 Å². The lowest BCUT2D eigenvalue weighted by Crippen LogP contribution is -2.39. The molecule has 1 aromatic carbocycles. The van der Waals surface area contributed by atoms with Crippen LogP contribution >= 0.6 is 11.8 Å². The number of likely N-dealkylation sites (N-methyl/N-ethyl adjacent to an activating group) is 1. The summed E-state index contributed by atoms with van der Waals surface area (Å²) in [6, 6.07) is 7.07. The Bertz CT molecular complexity index is 411. The first-order chi connectivity index (χ1) is 7.94. The van der Waals surface area contributed by atoms with Crippen molar-refractivity contribution in [3.05, 3.63) is 34.9 Å². The highest BCUT2D eigenvalue weighted by Gasteiger charge is 2.30. The van der Waals surface area contributed by atoms with Gasteiger partial charge in [0.05, 0.1) is 0 Å². The van der Waals surface area contributed by atoms with E-state index in [1.165, 1.54) is 16.7 Å². The van der Waals surface area contributed by atoms with E-state index in [-0.39, 0.29) is 5.41 Å². The van der Waals surface area contributed by atoms with Gasteiger partial charge in [0.25, 0.3) is 0 Å². The molecule has 0 bridgehead atoms. The minimum atomic E-state index is 0.281.